The summed E-state index contributed by atoms with van der Waals surface area (Å²) in [6, 6.07) is 13.8. The second kappa shape index (κ2) is 7.63. The van der Waals surface area contributed by atoms with Crippen LogP contribution in [0.15, 0.2) is 66.0 Å². The molecule has 0 aliphatic carbocycles. The minimum Gasteiger partial charge on any atom is -0.481 e. The molecule has 0 N–H and O–H groups in total. The van der Waals surface area contributed by atoms with Gasteiger partial charge >= 0.3 is 0 Å². The molecule has 0 atom stereocenters. The van der Waals surface area contributed by atoms with E-state index in [9.17, 15) is 5.26 Å². The molecule has 8 nitrogen and oxygen atoms in total. The molecule has 0 aliphatic heterocycles. The van der Waals surface area contributed by atoms with E-state index >= 15 is 0 Å². The van der Waals surface area contributed by atoms with Crippen molar-refractivity contribution < 1.29 is 4.74 Å². The molecule has 32 heavy (non-hydrogen) atoms. The van der Waals surface area contributed by atoms with Crippen LogP contribution < -0.4 is 10.4 Å². The zero-order chi connectivity index (χ0) is 22.2. The van der Waals surface area contributed by atoms with Gasteiger partial charge < -0.3 is 9.30 Å². The fourth-order valence-electron chi connectivity index (χ4n) is 4.00. The highest BCUT2D eigenvalue weighted by molar-refractivity contribution is 6.04. The van der Waals surface area contributed by atoms with E-state index in [1.807, 2.05) is 53.6 Å². The van der Waals surface area contributed by atoms with Crippen molar-refractivity contribution in [3.63, 3.8) is 0 Å². The third kappa shape index (κ3) is 2.99. The highest BCUT2D eigenvalue weighted by atomic mass is 16.5. The first-order chi connectivity index (χ1) is 15.6. The Morgan fingerprint density at radius 2 is 1.94 bits per heavy atom. The average molecular weight is 421 g/mol. The molecule has 4 heterocycles. The summed E-state index contributed by atoms with van der Waals surface area (Å²) < 4.78 is 8.99. The van der Waals surface area contributed by atoms with Crippen LogP contribution in [-0.4, -0.2) is 31.2 Å². The number of fused-ring (bicyclic) bond motifs is 3. The topological polar surface area (TPSA) is 93.9 Å². The summed E-state index contributed by atoms with van der Waals surface area (Å²) in [4.78, 5) is 17.5. The minimum atomic E-state index is 0.478. The van der Waals surface area contributed by atoms with Gasteiger partial charge in [0.1, 0.15) is 0 Å². The Labute approximate surface area is 183 Å². The van der Waals surface area contributed by atoms with Crippen molar-refractivity contribution in [1.82, 2.24) is 24.1 Å². The van der Waals surface area contributed by atoms with Gasteiger partial charge in [-0.25, -0.2) is 4.98 Å². The summed E-state index contributed by atoms with van der Waals surface area (Å²) >= 11 is 0. The number of imidazole rings is 1. The van der Waals surface area contributed by atoms with Gasteiger partial charge in [-0.1, -0.05) is 12.1 Å². The Balaban J connectivity index is 1.91. The highest BCUT2D eigenvalue weighted by Crippen LogP contribution is 2.30. The van der Waals surface area contributed by atoms with Gasteiger partial charge in [-0.15, -0.1) is 4.99 Å². The third-order valence-corrected chi connectivity index (χ3v) is 5.56. The van der Waals surface area contributed by atoms with Crippen molar-refractivity contribution in [3.05, 3.63) is 72.4 Å². The van der Waals surface area contributed by atoms with Crippen LogP contribution in [0.1, 0.15) is 5.69 Å². The van der Waals surface area contributed by atoms with Crippen LogP contribution in [0.2, 0.25) is 0 Å². The predicted octanol–water partition coefficient (Wildman–Crippen LogP) is 3.67. The van der Waals surface area contributed by atoms with Gasteiger partial charge in [-0.3, -0.25) is 14.5 Å². The average Bonchev–Trinajstić information content (AvgIpc) is 3.11. The molecular formula is C24H19N7O. The second-order valence-corrected chi connectivity index (χ2v) is 7.33. The molecular weight excluding hydrogens is 402 g/mol. The Morgan fingerprint density at radius 3 is 2.66 bits per heavy atom. The molecule has 0 amide bonds. The Bertz CT molecular complexity index is 1590. The minimum absolute atomic E-state index is 0.478. The monoisotopic (exact) mass is 421 g/mol. The number of aryl methyl sites for hydroxylation is 2. The van der Waals surface area contributed by atoms with Gasteiger partial charge in [0.15, 0.2) is 0 Å². The molecule has 4 aromatic heterocycles. The molecule has 5 aromatic rings. The lowest BCUT2D eigenvalue weighted by Gasteiger charge is -2.10. The first-order valence-electron chi connectivity index (χ1n) is 9.98. The second-order valence-electron chi connectivity index (χ2n) is 7.33. The number of nitrogens with zero attached hydrogens (tertiary/aromatic N) is 7. The van der Waals surface area contributed by atoms with Crippen LogP contribution >= 0.6 is 0 Å². The Morgan fingerprint density at radius 1 is 1.06 bits per heavy atom. The highest BCUT2D eigenvalue weighted by Gasteiger charge is 2.16. The van der Waals surface area contributed by atoms with E-state index in [1.54, 1.807) is 31.8 Å². The lowest BCUT2D eigenvalue weighted by Crippen LogP contribution is -2.22. The summed E-state index contributed by atoms with van der Waals surface area (Å²) in [6.07, 6.45) is 7.22. The molecule has 0 radical (unpaired) electrons. The van der Waals surface area contributed by atoms with Crippen LogP contribution in [0.4, 0.5) is 0 Å². The standard InChI is InChI=1S/C24H19N7O/c1-15-18(5-4-10-26-15)16-6-8-20-19(11-16)23-21(13-27-20)30(2)24(29-14-25)31(23)17-7-9-22(32-3)28-12-17/h4-13H,1-3H3/b29-24-. The molecule has 0 spiro atoms. The lowest BCUT2D eigenvalue weighted by molar-refractivity contribution is 0.398. The number of hydrogen-bond acceptors (Lipinski definition) is 6. The van der Waals surface area contributed by atoms with Gasteiger partial charge in [0.25, 0.3) is 0 Å². The smallest absolute Gasteiger partial charge is 0.226 e. The molecule has 8 heteroatoms. The van der Waals surface area contributed by atoms with E-state index in [0.29, 0.717) is 11.5 Å². The number of ether oxygens (including phenoxy) is 1. The quantitative estimate of drug-likeness (QED) is 0.414. The molecule has 0 fully saturated rings. The van der Waals surface area contributed by atoms with Crippen LogP contribution in [-0.2, 0) is 7.05 Å². The van der Waals surface area contributed by atoms with Crippen molar-refractivity contribution in [2.24, 2.45) is 12.0 Å². The fraction of sp³-hybridized carbons (Fsp3) is 0.125. The summed E-state index contributed by atoms with van der Waals surface area (Å²) in [7, 11) is 3.44. The van der Waals surface area contributed by atoms with Crippen LogP contribution in [0.25, 0.3) is 38.8 Å². The number of aromatic nitrogens is 5. The molecule has 156 valence electrons. The maximum atomic E-state index is 9.36. The van der Waals surface area contributed by atoms with Crippen molar-refractivity contribution in [2.45, 2.75) is 6.92 Å². The van der Waals surface area contributed by atoms with Gasteiger partial charge in [0, 0.05) is 36.0 Å². The van der Waals surface area contributed by atoms with Gasteiger partial charge in [0.2, 0.25) is 17.7 Å². The van der Waals surface area contributed by atoms with E-state index in [0.717, 1.165) is 44.4 Å². The van der Waals surface area contributed by atoms with E-state index in [-0.39, 0.29) is 0 Å². The van der Waals surface area contributed by atoms with Gasteiger partial charge in [-0.05, 0) is 36.8 Å². The maximum absolute atomic E-state index is 9.36. The van der Waals surface area contributed by atoms with E-state index in [4.69, 9.17) is 4.74 Å². The summed E-state index contributed by atoms with van der Waals surface area (Å²) in [6.45, 7) is 1.99. The molecule has 0 saturated heterocycles. The van der Waals surface area contributed by atoms with Gasteiger partial charge in [-0.2, -0.15) is 5.26 Å². The normalized spacial score (nSPS) is 11.8. The third-order valence-electron chi connectivity index (χ3n) is 5.56. The largest absolute Gasteiger partial charge is 0.481 e. The molecule has 0 unspecified atom stereocenters. The predicted molar refractivity (Wildman–Crippen MR) is 121 cm³/mol. The first-order valence-corrected chi connectivity index (χ1v) is 9.98. The van der Waals surface area contributed by atoms with Crippen LogP contribution in [0.3, 0.4) is 0 Å². The molecule has 1 aromatic carbocycles. The molecule has 0 bridgehead atoms. The summed E-state index contributed by atoms with van der Waals surface area (Å²) in [5.74, 6) is 0.509. The zero-order valence-corrected chi connectivity index (χ0v) is 17.8. The van der Waals surface area contributed by atoms with Crippen LogP contribution in [0.5, 0.6) is 5.88 Å². The lowest BCUT2D eigenvalue weighted by atomic mass is 10.0. The summed E-state index contributed by atoms with van der Waals surface area (Å²) in [5, 5.41) is 10.3. The van der Waals surface area contributed by atoms with E-state index < -0.39 is 0 Å². The Kier molecular flexibility index (Phi) is 4.64. The number of hydrogen-bond donors (Lipinski definition) is 0. The van der Waals surface area contributed by atoms with E-state index in [2.05, 4.69) is 32.1 Å². The number of rotatable bonds is 3. The van der Waals surface area contributed by atoms with Crippen LogP contribution in [0, 0.1) is 18.4 Å². The Hall–Kier alpha value is -4.51. The molecule has 0 saturated carbocycles. The number of nitriles is 1. The first kappa shape index (κ1) is 19.5. The zero-order valence-electron chi connectivity index (χ0n) is 17.8. The van der Waals surface area contributed by atoms with Crippen molar-refractivity contribution >= 4 is 21.9 Å². The van der Waals surface area contributed by atoms with Crippen molar-refractivity contribution in [1.29, 1.82) is 5.26 Å². The number of methoxy groups -OCH3 is 1. The number of benzene rings is 1. The summed E-state index contributed by atoms with van der Waals surface area (Å²) in [5.41, 5.74) is 6.87. The SMILES string of the molecule is COc1ccc(-n2/c(=N\C#N)n(C)c3cnc4ccc(-c5cccnc5C)cc4c32)cn1. The van der Waals surface area contributed by atoms with Crippen molar-refractivity contribution in [3.8, 4) is 28.9 Å². The van der Waals surface area contributed by atoms with Gasteiger partial charge in [0.05, 0.1) is 41.7 Å². The number of pyridine rings is 3. The molecule has 0 aliphatic rings. The maximum Gasteiger partial charge on any atom is 0.226 e. The fourth-order valence-corrected chi connectivity index (χ4v) is 4.00. The molecule has 5 rings (SSSR count). The van der Waals surface area contributed by atoms with Crippen molar-refractivity contribution in [2.75, 3.05) is 7.11 Å². The van der Waals surface area contributed by atoms with E-state index in [1.165, 1.54) is 0 Å².